The number of anilines is 2. The zero-order valence-electron chi connectivity index (χ0n) is 20.7. The summed E-state index contributed by atoms with van der Waals surface area (Å²) in [5, 5.41) is 0. The minimum absolute atomic E-state index is 0.0652. The minimum Gasteiger partial charge on any atom is -0.487 e. The van der Waals surface area contributed by atoms with Gasteiger partial charge >= 0.3 is 0 Å². The van der Waals surface area contributed by atoms with Crippen LogP contribution in [-0.4, -0.2) is 41.6 Å². The maximum absolute atomic E-state index is 12.4. The Morgan fingerprint density at radius 2 is 1.22 bits per heavy atom. The number of allylic oxidation sites excluding steroid dienone is 4. The van der Waals surface area contributed by atoms with Gasteiger partial charge in [0.25, 0.3) is 0 Å². The lowest BCUT2D eigenvalue weighted by Crippen LogP contribution is -2.22. The van der Waals surface area contributed by atoms with Gasteiger partial charge in [0, 0.05) is 35.2 Å². The first-order valence-corrected chi connectivity index (χ1v) is 12.5. The molecule has 0 saturated carbocycles. The fraction of sp³-hybridized carbons (Fsp3) is 0.259. The molecule has 0 amide bonds. The average Bonchev–Trinajstić information content (AvgIpc) is 2.80. The summed E-state index contributed by atoms with van der Waals surface area (Å²) in [6.07, 6.45) is 4.04. The predicted octanol–water partition coefficient (Wildman–Crippen LogP) is 5.02. The lowest BCUT2D eigenvalue weighted by atomic mass is 9.92. The van der Waals surface area contributed by atoms with E-state index < -0.39 is 0 Å². The lowest BCUT2D eigenvalue weighted by Gasteiger charge is -2.20. The van der Waals surface area contributed by atoms with Crippen LogP contribution in [0.15, 0.2) is 60.1 Å². The Bertz CT molecular complexity index is 1290. The summed E-state index contributed by atoms with van der Waals surface area (Å²) >= 11 is 1.37. The van der Waals surface area contributed by atoms with Gasteiger partial charge < -0.3 is 19.9 Å². The van der Waals surface area contributed by atoms with Crippen LogP contribution in [0.3, 0.4) is 0 Å². The van der Waals surface area contributed by atoms with E-state index in [4.69, 9.17) is 15.2 Å². The van der Waals surface area contributed by atoms with Crippen molar-refractivity contribution < 1.29 is 28.7 Å². The first-order chi connectivity index (χ1) is 17.0. The predicted molar refractivity (Wildman–Crippen MR) is 140 cm³/mol. The molecule has 2 aliphatic carbocycles. The maximum Gasteiger partial charge on any atom is 0.230 e. The first kappa shape index (κ1) is 26.7. The summed E-state index contributed by atoms with van der Waals surface area (Å²) in [5.41, 5.74) is 8.07. The molecule has 2 aliphatic rings. The number of fused-ring (bicyclic) bond motifs is 2. The van der Waals surface area contributed by atoms with Crippen LogP contribution in [0.2, 0.25) is 0 Å². The molecule has 188 valence electrons. The Morgan fingerprint density at radius 3 is 1.72 bits per heavy atom. The largest absolute Gasteiger partial charge is 0.487 e. The van der Waals surface area contributed by atoms with Crippen molar-refractivity contribution >= 4 is 46.5 Å². The third-order valence-electron chi connectivity index (χ3n) is 5.06. The van der Waals surface area contributed by atoms with Crippen molar-refractivity contribution in [2.24, 2.45) is 0 Å². The lowest BCUT2D eigenvalue weighted by molar-refractivity contribution is 0.0811. The topological polar surface area (TPSA) is 125 Å². The molecule has 0 saturated heterocycles. The van der Waals surface area contributed by atoms with E-state index in [1.165, 1.54) is 24.1 Å². The second kappa shape index (κ2) is 11.3. The molecule has 0 radical (unpaired) electrons. The number of nitrogens with one attached hydrogen (secondary N) is 1. The Kier molecular flexibility index (Phi) is 8.37. The van der Waals surface area contributed by atoms with Crippen molar-refractivity contribution in [2.75, 3.05) is 16.7 Å². The van der Waals surface area contributed by atoms with Crippen LogP contribution in [0, 0.1) is 0 Å². The van der Waals surface area contributed by atoms with Gasteiger partial charge in [-0.2, -0.15) is 0 Å². The van der Waals surface area contributed by atoms with Crippen molar-refractivity contribution in [2.45, 2.75) is 39.9 Å². The highest BCUT2D eigenvalue weighted by atomic mass is 32.2. The van der Waals surface area contributed by atoms with Gasteiger partial charge in [0.05, 0.1) is 29.0 Å². The van der Waals surface area contributed by atoms with Crippen molar-refractivity contribution in [3.8, 4) is 0 Å². The molecule has 4 rings (SSSR count). The summed E-state index contributed by atoms with van der Waals surface area (Å²) in [5.74, 6) is -0.845. The van der Waals surface area contributed by atoms with E-state index in [2.05, 4.69) is 4.72 Å². The molecular formula is C27H28N2O6S. The minimum atomic E-state index is -0.327. The van der Waals surface area contributed by atoms with Gasteiger partial charge in [0.15, 0.2) is 23.1 Å². The molecule has 0 spiro atoms. The van der Waals surface area contributed by atoms with Crippen molar-refractivity contribution in [3.05, 3.63) is 82.3 Å². The van der Waals surface area contributed by atoms with Crippen LogP contribution in [-0.2, 0) is 9.47 Å². The number of carbonyl (C=O) groups excluding carboxylic acids is 4. The quantitative estimate of drug-likeness (QED) is 0.409. The van der Waals surface area contributed by atoms with Crippen molar-refractivity contribution in [1.82, 2.24) is 0 Å². The van der Waals surface area contributed by atoms with Gasteiger partial charge in [-0.25, -0.2) is 0 Å². The highest BCUT2D eigenvalue weighted by Crippen LogP contribution is 2.30. The number of carbonyl (C=O) groups is 4. The average molecular weight is 509 g/mol. The van der Waals surface area contributed by atoms with E-state index in [-0.39, 0.29) is 52.4 Å². The molecule has 36 heavy (non-hydrogen) atoms. The standard InChI is InChI=1S/C14H15NO3S.C13H13NO3/c1-8(2)18-12-7-11(16)9-5-4-6-10(15-19-3)13(9)14(12)17;1-7(2)17-11-6-10(15)8-4-3-5-9(14)12(8)13(11)16/h4-8,15H,1-3H3;3-7H,14H2,1-2H3. The van der Waals surface area contributed by atoms with Gasteiger partial charge in [-0.3, -0.25) is 19.2 Å². The zero-order valence-corrected chi connectivity index (χ0v) is 21.5. The number of Topliss-reactive ketones (excluding diaryl/α,β-unsaturated/α-hetero) is 2. The van der Waals surface area contributed by atoms with E-state index in [1.54, 1.807) is 50.2 Å². The van der Waals surface area contributed by atoms with Crippen molar-refractivity contribution in [1.29, 1.82) is 0 Å². The number of ether oxygens (including phenoxy) is 2. The zero-order chi connectivity index (χ0) is 26.6. The van der Waals surface area contributed by atoms with Crippen molar-refractivity contribution in [3.63, 3.8) is 0 Å². The second-order valence-electron chi connectivity index (χ2n) is 8.54. The molecule has 0 unspecified atom stereocenters. The number of rotatable bonds is 6. The second-order valence-corrected chi connectivity index (χ2v) is 9.15. The number of hydrogen-bond acceptors (Lipinski definition) is 9. The van der Waals surface area contributed by atoms with Crippen LogP contribution >= 0.6 is 11.9 Å². The Morgan fingerprint density at radius 1 is 0.750 bits per heavy atom. The molecule has 0 bridgehead atoms. The van der Waals surface area contributed by atoms with E-state index in [1.807, 2.05) is 20.1 Å². The molecule has 9 heteroatoms. The number of hydrogen-bond donors (Lipinski definition) is 2. The molecule has 8 nitrogen and oxygen atoms in total. The third kappa shape index (κ3) is 5.68. The molecule has 0 aromatic heterocycles. The monoisotopic (exact) mass is 508 g/mol. The van der Waals surface area contributed by atoms with Crippen LogP contribution in [0.5, 0.6) is 0 Å². The smallest absolute Gasteiger partial charge is 0.230 e. The summed E-state index contributed by atoms with van der Waals surface area (Å²) in [7, 11) is 0. The maximum atomic E-state index is 12.4. The van der Waals surface area contributed by atoms with Gasteiger partial charge in [-0.05, 0) is 39.8 Å². The van der Waals surface area contributed by atoms with E-state index in [0.29, 0.717) is 28.1 Å². The summed E-state index contributed by atoms with van der Waals surface area (Å²) in [4.78, 5) is 48.3. The number of benzene rings is 2. The van der Waals surface area contributed by atoms with Gasteiger partial charge in [-0.15, -0.1) is 0 Å². The van der Waals surface area contributed by atoms with Gasteiger partial charge in [0.2, 0.25) is 11.6 Å². The number of nitrogens with two attached hydrogens (primary N) is 1. The van der Waals surface area contributed by atoms with Crippen LogP contribution in [0.4, 0.5) is 11.4 Å². The molecule has 0 fully saturated rings. The van der Waals surface area contributed by atoms with E-state index >= 15 is 0 Å². The van der Waals surface area contributed by atoms with Crippen LogP contribution in [0.1, 0.15) is 69.1 Å². The van der Waals surface area contributed by atoms with Crippen LogP contribution in [0.25, 0.3) is 0 Å². The third-order valence-corrected chi connectivity index (χ3v) is 5.48. The molecule has 0 atom stereocenters. The first-order valence-electron chi connectivity index (χ1n) is 11.3. The fourth-order valence-corrected chi connectivity index (χ4v) is 4.07. The van der Waals surface area contributed by atoms with Gasteiger partial charge in [0.1, 0.15) is 0 Å². The normalized spacial score (nSPS) is 14.4. The van der Waals surface area contributed by atoms with E-state index in [0.717, 1.165) is 0 Å². The fourth-order valence-electron chi connectivity index (χ4n) is 3.68. The highest BCUT2D eigenvalue weighted by Gasteiger charge is 2.30. The Balaban J connectivity index is 0.000000202. The Labute approximate surface area is 214 Å². The SMILES string of the molecule is CC(C)OC1=CC(=O)c2cccc(N)c2C1=O.CSNc1cccc2c1C(=O)C(OC(C)C)=CC2=O. The summed E-state index contributed by atoms with van der Waals surface area (Å²) < 4.78 is 13.8. The number of ketones is 4. The van der Waals surface area contributed by atoms with E-state index in [9.17, 15) is 19.2 Å². The molecule has 2 aromatic rings. The Hall–Kier alpha value is -3.85. The van der Waals surface area contributed by atoms with Gasteiger partial charge in [-0.1, -0.05) is 36.2 Å². The van der Waals surface area contributed by atoms with Crippen LogP contribution < -0.4 is 10.5 Å². The molecule has 0 aliphatic heterocycles. The summed E-state index contributed by atoms with van der Waals surface area (Å²) in [6, 6.07) is 10.0. The summed E-state index contributed by atoms with van der Waals surface area (Å²) in [6.45, 7) is 7.23. The highest BCUT2D eigenvalue weighted by molar-refractivity contribution is 7.99. The molecule has 0 heterocycles. The molecule has 2 aromatic carbocycles. The number of nitrogen functional groups attached to an aromatic ring is 1. The molecular weight excluding hydrogens is 480 g/mol. The molecule has 3 N–H and O–H groups in total.